The molecule has 40 atom stereocenters. The van der Waals surface area contributed by atoms with Crippen LogP contribution in [-0.4, -0.2) is 121 Å². The van der Waals surface area contributed by atoms with E-state index in [0.717, 1.165) is 126 Å². The van der Waals surface area contributed by atoms with Crippen LogP contribution in [0.15, 0.2) is 0 Å². The number of rotatable bonds is 14. The Bertz CT molecular complexity index is 3210. The van der Waals surface area contributed by atoms with Crippen LogP contribution in [0.25, 0.3) is 0 Å². The minimum absolute atomic E-state index is 0.000146. The van der Waals surface area contributed by atoms with Gasteiger partial charge in [0.1, 0.15) is 11.6 Å². The molecule has 16 rings (SSSR count). The molecule has 16 aliphatic carbocycles. The maximum atomic E-state index is 13.9. The average Bonchev–Trinajstić information content (AvgIpc) is 1.37. The van der Waals surface area contributed by atoms with Gasteiger partial charge in [0.2, 0.25) is 0 Å². The molecule has 0 spiro atoms. The highest BCUT2D eigenvalue weighted by Gasteiger charge is 2.70. The van der Waals surface area contributed by atoms with Crippen molar-refractivity contribution < 1.29 is 63.7 Å². The van der Waals surface area contributed by atoms with Gasteiger partial charge < -0.3 is 44.5 Å². The summed E-state index contributed by atoms with van der Waals surface area (Å²) in [5.41, 5.74) is 2.08. The highest BCUT2D eigenvalue weighted by molar-refractivity contribution is 5.86. The molecule has 13 heteroatoms. The van der Waals surface area contributed by atoms with Crippen molar-refractivity contribution in [2.45, 2.75) is 352 Å². The van der Waals surface area contributed by atoms with Crippen LogP contribution in [0.4, 0.5) is 0 Å². The topological polar surface area (TPSA) is 206 Å². The summed E-state index contributed by atoms with van der Waals surface area (Å²) in [4.78, 5) is 50.7. The first-order chi connectivity index (χ1) is 52.1. The Balaban J connectivity index is 0.000000129. The number of carboxylic acids is 2. The summed E-state index contributed by atoms with van der Waals surface area (Å²) < 4.78 is 22.9. The number of ketones is 2. The van der Waals surface area contributed by atoms with Gasteiger partial charge in [-0.05, 0) is 360 Å². The first-order valence-corrected chi connectivity index (χ1v) is 46.7. The lowest BCUT2D eigenvalue weighted by atomic mass is 9.41. The summed E-state index contributed by atoms with van der Waals surface area (Å²) in [6.45, 7) is 35.4. The second kappa shape index (κ2) is 32.6. The molecule has 16 saturated carbocycles. The fourth-order valence-electron chi connectivity index (χ4n) is 34.9. The number of carbonyl (C=O) groups is 4. The van der Waals surface area contributed by atoms with Crippen LogP contribution in [-0.2, 0) is 38.1 Å². The van der Waals surface area contributed by atoms with E-state index in [-0.39, 0.29) is 75.3 Å². The monoisotopic (exact) mass is 1540 g/mol. The largest absolute Gasteiger partial charge is 0.481 e. The van der Waals surface area contributed by atoms with E-state index < -0.39 is 11.9 Å². The molecular weight excluding hydrogens is 1370 g/mol. The van der Waals surface area contributed by atoms with E-state index in [1.54, 1.807) is 7.11 Å². The second-order valence-corrected chi connectivity index (χ2v) is 44.4. The molecule has 0 heterocycles. The third-order valence-corrected chi connectivity index (χ3v) is 41.5. The third kappa shape index (κ3) is 13.9. The van der Waals surface area contributed by atoms with E-state index in [4.69, 9.17) is 18.9 Å². The molecule has 0 aromatic carbocycles. The van der Waals surface area contributed by atoms with Gasteiger partial charge in [0.15, 0.2) is 0 Å². The van der Waals surface area contributed by atoms with E-state index in [1.165, 1.54) is 103 Å². The van der Waals surface area contributed by atoms with Crippen LogP contribution in [0.3, 0.4) is 0 Å². The van der Waals surface area contributed by atoms with Crippen molar-refractivity contribution in [2.75, 3.05) is 35.0 Å². The summed E-state index contributed by atoms with van der Waals surface area (Å²) in [6, 6.07) is 0. The number of ether oxygens (including phenoxy) is 4. The Morgan fingerprint density at radius 2 is 0.764 bits per heavy atom. The van der Waals surface area contributed by atoms with Gasteiger partial charge in [-0.2, -0.15) is 0 Å². The molecule has 16 fully saturated rings. The zero-order chi connectivity index (χ0) is 79.7. The van der Waals surface area contributed by atoms with Crippen molar-refractivity contribution in [1.29, 1.82) is 0 Å². The van der Waals surface area contributed by atoms with Gasteiger partial charge >= 0.3 is 11.9 Å². The average molecular weight is 1540 g/mol. The normalized spacial score (nSPS) is 52.5. The quantitative estimate of drug-likeness (QED) is 0.110. The molecule has 0 unspecified atom stereocenters. The first-order valence-electron chi connectivity index (χ1n) is 46.7. The second-order valence-electron chi connectivity index (χ2n) is 44.4. The maximum Gasteiger partial charge on any atom is 0.306 e. The lowest BCUT2D eigenvalue weighted by Crippen LogP contribution is -2.62. The lowest BCUT2D eigenvalue weighted by molar-refractivity contribution is -0.205. The van der Waals surface area contributed by atoms with E-state index >= 15 is 0 Å². The Morgan fingerprint density at radius 1 is 0.400 bits per heavy atom. The molecule has 16 aliphatic rings. The summed E-state index contributed by atoms with van der Waals surface area (Å²) in [7, 11) is 7.35. The van der Waals surface area contributed by atoms with Crippen molar-refractivity contribution in [3.8, 4) is 0 Å². The van der Waals surface area contributed by atoms with Crippen molar-refractivity contribution in [3.63, 3.8) is 0 Å². The van der Waals surface area contributed by atoms with Crippen LogP contribution in [0.5, 0.6) is 0 Å². The lowest BCUT2D eigenvalue weighted by Gasteiger charge is -2.65. The molecule has 0 bridgehead atoms. The predicted octanol–water partition coefficient (Wildman–Crippen LogP) is 20.3. The van der Waals surface area contributed by atoms with E-state index in [1.807, 2.05) is 35.2 Å². The van der Waals surface area contributed by atoms with Gasteiger partial charge in [0.25, 0.3) is 0 Å². The number of aliphatic hydroxyl groups is 3. The Kier molecular flexibility index (Phi) is 25.5. The highest BCUT2D eigenvalue weighted by atomic mass is 16.5. The van der Waals surface area contributed by atoms with Crippen molar-refractivity contribution >= 4 is 23.5 Å². The van der Waals surface area contributed by atoms with Crippen LogP contribution in [0, 0.1) is 197 Å². The van der Waals surface area contributed by atoms with E-state index in [0.29, 0.717) is 159 Å². The van der Waals surface area contributed by atoms with Gasteiger partial charge in [-0.15, -0.1) is 0 Å². The summed E-state index contributed by atoms with van der Waals surface area (Å²) in [6.07, 6.45) is 39.1. The predicted molar refractivity (Wildman–Crippen MR) is 435 cm³/mol. The molecular formula is C97H162O13. The number of carbonyl (C=O) groups excluding carboxylic acids is 2. The van der Waals surface area contributed by atoms with Gasteiger partial charge in [-0.1, -0.05) is 117 Å². The number of Topliss-reactive ketones (excluding diaryl/α,β-unsaturated/α-hetero) is 2. The summed E-state index contributed by atoms with van der Waals surface area (Å²) in [5.74, 6) is 10.7. The minimum atomic E-state index is -0.677. The zero-order valence-electron chi connectivity index (χ0n) is 73.0. The smallest absolute Gasteiger partial charge is 0.306 e. The van der Waals surface area contributed by atoms with Crippen LogP contribution in [0.1, 0.15) is 316 Å². The van der Waals surface area contributed by atoms with Gasteiger partial charge in [0, 0.05) is 59.2 Å². The fraction of sp³-hybridized carbons (Fsp3) is 0.959. The highest BCUT2D eigenvalue weighted by Crippen LogP contribution is 2.74. The first kappa shape index (κ1) is 85.9. The van der Waals surface area contributed by atoms with Gasteiger partial charge in [-0.25, -0.2) is 0 Å². The number of aliphatic hydroxyl groups excluding tert-OH is 3. The standard InChI is InChI=1S/C26H46O2.C25H40O4.C23H36O4.C23H40O3/c1-7-16(3)19-9-10-20-23-21(12-14-25(19,20)4)26(5)13-11-17(28-6)15-22(26)18(8-2)24(23)27;1-6-16-20-13-15(29-5)9-11-25(20,4)19-10-12-24(3)17(14(2)23(27)28)7-8-18(24)21(19)22(16)26;1-13(21(25)26)16-5-6-17-20-18(8-10-23(16,17)3)22(2)9-7-15(27-4)11-14(22)12-19(20)24;1-14(13-24)17-5-6-18-21-19(8-10-23(17,18)3)22(2)9-7-16(26-4)11-15(22)12-20(21)25/h16-24,27H,7-15H2,1-6H3;14-21H,6-13H2,1-5H3,(H,27,28);13-18,20H,5-12H2,1-4H3,(H,25,26);14-21,24-25H,5-13H2,1-4H3/t16-,17-,18-,19-,20+,21+,22+,23+,24-,25-,26-;14-,15+,16+,17+,18-,19-,20-,21-,24+,25+;13-,14-,15+,16+,17-,18-,20-,22-,23+;14-,15+,16-,17-,18+,19+,20-,21+,22+,23-/m1001/s1. The molecule has 0 amide bonds. The fourth-order valence-corrected chi connectivity index (χ4v) is 34.9. The van der Waals surface area contributed by atoms with Crippen LogP contribution < -0.4 is 0 Å². The molecule has 0 aromatic rings. The molecule has 0 aromatic heterocycles. The number of hydrogen-bond acceptors (Lipinski definition) is 11. The van der Waals surface area contributed by atoms with Crippen LogP contribution in [0.2, 0.25) is 0 Å². The van der Waals surface area contributed by atoms with Crippen molar-refractivity contribution in [1.82, 2.24) is 0 Å². The molecule has 0 saturated heterocycles. The molecule has 13 nitrogen and oxygen atoms in total. The number of carboxylic acid groups (broad SMARTS) is 2. The van der Waals surface area contributed by atoms with Crippen LogP contribution >= 0.6 is 0 Å². The van der Waals surface area contributed by atoms with E-state index in [2.05, 4.69) is 90.0 Å². The number of aliphatic carboxylic acids is 2. The minimum Gasteiger partial charge on any atom is -0.481 e. The molecule has 628 valence electrons. The molecule has 0 radical (unpaired) electrons. The Hall–Kier alpha value is -2.00. The summed E-state index contributed by atoms with van der Waals surface area (Å²) >= 11 is 0. The maximum absolute atomic E-state index is 13.9. The number of fused-ring (bicyclic) bond motifs is 20. The van der Waals surface area contributed by atoms with Crippen molar-refractivity contribution in [3.05, 3.63) is 0 Å². The molecule has 0 aliphatic heterocycles. The molecule has 5 N–H and O–H groups in total. The van der Waals surface area contributed by atoms with Gasteiger partial charge in [-0.3, -0.25) is 19.2 Å². The third-order valence-electron chi connectivity index (χ3n) is 41.5. The number of methoxy groups -OCH3 is 4. The summed E-state index contributed by atoms with van der Waals surface area (Å²) in [5, 5.41) is 52.1. The Morgan fingerprint density at radius 3 is 1.24 bits per heavy atom. The van der Waals surface area contributed by atoms with E-state index in [9.17, 15) is 44.7 Å². The SMILES string of the molecule is CC[C@H]1C(=O)[C@@H]2[C@H](CC[C@]3(C)[C@@H]([C@H](C)C(=O)O)CC[C@@H]23)[C@@]2(C)CC[C@@H](OC)C[C@@H]12.CC[C@H]1[C@@H](O)[C@@H]2[C@H](CC[C@]3(C)[C@@H]([C@H](C)CC)CC[C@@H]23)[C@@]2(C)CC[C@@H](OC)C[C@@H]12.CO[C@@H]1CC[C@@]2(C)[C@@H](C1)C[C@@H](O)[C@@H]1[C@@H]2CC[C@]2(C)[C@@H]([C@H](C)CO)CC[C@@H]12.CO[C@@H]1CC[C@@]2(C)[C@H](CC(=O)[C@@H]3[C@@H]2CC[C@]2(C)[C@@H]([C@H](C)C(=O)O)CC[C@@H]32)C1. The molecule has 110 heavy (non-hydrogen) atoms. The zero-order valence-corrected chi connectivity index (χ0v) is 73.0. The van der Waals surface area contributed by atoms with Gasteiger partial charge in [0.05, 0.1) is 48.5 Å². The Labute approximate surface area is 668 Å². The number of hydrogen-bond donors (Lipinski definition) is 5. The van der Waals surface area contributed by atoms with Crippen molar-refractivity contribution in [2.24, 2.45) is 197 Å².